The number of benzene rings is 1. The van der Waals surface area contributed by atoms with Gasteiger partial charge in [0.2, 0.25) is 0 Å². The van der Waals surface area contributed by atoms with Crippen molar-refractivity contribution in [3.8, 4) is 5.75 Å². The van der Waals surface area contributed by atoms with Gasteiger partial charge in [-0.2, -0.15) is 0 Å². The highest BCUT2D eigenvalue weighted by Crippen LogP contribution is 2.20. The number of alkyl halides is 1. The van der Waals surface area contributed by atoms with Gasteiger partial charge in [-0.25, -0.2) is 4.98 Å². The molecule has 0 amide bonds. The Morgan fingerprint density at radius 1 is 1.44 bits per heavy atom. The van der Waals surface area contributed by atoms with Crippen LogP contribution in [0.15, 0.2) is 23.0 Å². The zero-order valence-corrected chi connectivity index (χ0v) is 11.2. The maximum atomic E-state index is 12.5. The van der Waals surface area contributed by atoms with Crippen LogP contribution in [0.25, 0.3) is 10.9 Å². The van der Waals surface area contributed by atoms with E-state index in [0.717, 1.165) is 5.82 Å². The Kier molecular flexibility index (Phi) is 3.87. The molecule has 0 saturated carbocycles. The minimum absolute atomic E-state index is 0.0880. The summed E-state index contributed by atoms with van der Waals surface area (Å²) in [7, 11) is 1.55. The quantitative estimate of drug-likeness (QED) is 0.797. The molecule has 0 bridgehead atoms. The van der Waals surface area contributed by atoms with Crippen LogP contribution in [0, 0.1) is 0 Å². The number of halogens is 1. The van der Waals surface area contributed by atoms with E-state index >= 15 is 0 Å². The minimum Gasteiger partial charge on any atom is -0.496 e. The molecule has 0 aliphatic rings. The van der Waals surface area contributed by atoms with Gasteiger partial charge in [-0.3, -0.25) is 9.36 Å². The van der Waals surface area contributed by atoms with Gasteiger partial charge in [0.05, 0.1) is 12.6 Å². The number of hydrogen-bond acceptors (Lipinski definition) is 3. The van der Waals surface area contributed by atoms with E-state index in [0.29, 0.717) is 35.5 Å². The van der Waals surface area contributed by atoms with E-state index < -0.39 is 0 Å². The first-order valence-corrected chi connectivity index (χ1v) is 6.38. The molecule has 4 nitrogen and oxygen atoms in total. The molecule has 0 spiro atoms. The first-order chi connectivity index (χ1) is 8.72. The fraction of sp³-hybridized carbons (Fsp3) is 0.385. The van der Waals surface area contributed by atoms with Gasteiger partial charge in [-0.05, 0) is 12.1 Å². The van der Waals surface area contributed by atoms with Crippen LogP contribution < -0.4 is 10.3 Å². The normalized spacial score (nSPS) is 10.8. The van der Waals surface area contributed by atoms with Gasteiger partial charge in [0.25, 0.3) is 5.56 Å². The molecule has 5 heteroatoms. The van der Waals surface area contributed by atoms with Gasteiger partial charge in [0.1, 0.15) is 17.0 Å². The summed E-state index contributed by atoms with van der Waals surface area (Å²) in [5.74, 6) is 1.69. The summed E-state index contributed by atoms with van der Waals surface area (Å²) in [6, 6.07) is 5.42. The summed E-state index contributed by atoms with van der Waals surface area (Å²) in [4.78, 5) is 17.0. The number of fused-ring (bicyclic) bond motifs is 1. The van der Waals surface area contributed by atoms with Gasteiger partial charge < -0.3 is 4.74 Å². The molecule has 1 heterocycles. The summed E-state index contributed by atoms with van der Waals surface area (Å²) < 4.78 is 6.85. The lowest BCUT2D eigenvalue weighted by molar-refractivity contribution is 0.419. The fourth-order valence-corrected chi connectivity index (χ4v) is 2.20. The number of ether oxygens (including phenoxy) is 1. The summed E-state index contributed by atoms with van der Waals surface area (Å²) in [5, 5.41) is 0.516. The SMILES string of the molecule is CCc1nc2cccc(OC)c2c(=O)n1CCCl. The molecule has 2 aromatic rings. The predicted octanol–water partition coefficient (Wildman–Crippen LogP) is 2.21. The molecule has 0 aliphatic heterocycles. The van der Waals surface area contributed by atoms with E-state index in [-0.39, 0.29) is 5.56 Å². The van der Waals surface area contributed by atoms with Crippen molar-refractivity contribution < 1.29 is 4.74 Å². The average Bonchev–Trinajstić information content (AvgIpc) is 2.41. The number of rotatable bonds is 4. The van der Waals surface area contributed by atoms with Gasteiger partial charge >= 0.3 is 0 Å². The smallest absolute Gasteiger partial charge is 0.265 e. The van der Waals surface area contributed by atoms with Crippen LogP contribution in [-0.2, 0) is 13.0 Å². The Bertz CT molecular complexity index is 622. The van der Waals surface area contributed by atoms with Crippen molar-refractivity contribution in [2.24, 2.45) is 0 Å². The second kappa shape index (κ2) is 5.40. The van der Waals surface area contributed by atoms with Gasteiger partial charge in [-0.15, -0.1) is 11.6 Å². The third kappa shape index (κ3) is 2.08. The van der Waals surface area contributed by atoms with Crippen molar-refractivity contribution in [2.75, 3.05) is 13.0 Å². The Hall–Kier alpha value is -1.55. The van der Waals surface area contributed by atoms with E-state index in [1.807, 2.05) is 19.1 Å². The zero-order chi connectivity index (χ0) is 13.1. The maximum absolute atomic E-state index is 12.5. The molecule has 0 fully saturated rings. The molecule has 0 atom stereocenters. The third-order valence-corrected chi connectivity index (χ3v) is 3.04. The van der Waals surface area contributed by atoms with Crippen LogP contribution in [-0.4, -0.2) is 22.5 Å². The Balaban J connectivity index is 2.83. The van der Waals surface area contributed by atoms with Crippen LogP contribution in [0.1, 0.15) is 12.7 Å². The third-order valence-electron chi connectivity index (χ3n) is 2.87. The number of methoxy groups -OCH3 is 1. The summed E-state index contributed by atoms with van der Waals surface area (Å²) in [6.07, 6.45) is 0.694. The largest absolute Gasteiger partial charge is 0.496 e. The van der Waals surface area contributed by atoms with E-state index in [4.69, 9.17) is 16.3 Å². The van der Waals surface area contributed by atoms with Crippen molar-refractivity contribution in [3.63, 3.8) is 0 Å². The van der Waals surface area contributed by atoms with E-state index in [2.05, 4.69) is 4.98 Å². The first-order valence-electron chi connectivity index (χ1n) is 5.85. The molecule has 1 aromatic carbocycles. The van der Waals surface area contributed by atoms with E-state index in [9.17, 15) is 4.79 Å². The van der Waals surface area contributed by atoms with Crippen molar-refractivity contribution in [1.82, 2.24) is 9.55 Å². The number of hydrogen-bond donors (Lipinski definition) is 0. The molecule has 2 rings (SSSR count). The minimum atomic E-state index is -0.0880. The Morgan fingerprint density at radius 2 is 2.22 bits per heavy atom. The van der Waals surface area contributed by atoms with Crippen molar-refractivity contribution in [1.29, 1.82) is 0 Å². The molecule has 1 aromatic heterocycles. The van der Waals surface area contributed by atoms with Gasteiger partial charge in [-0.1, -0.05) is 13.0 Å². The van der Waals surface area contributed by atoms with Crippen LogP contribution in [0.2, 0.25) is 0 Å². The molecule has 0 radical (unpaired) electrons. The second-order valence-corrected chi connectivity index (χ2v) is 4.26. The topological polar surface area (TPSA) is 44.1 Å². The summed E-state index contributed by atoms with van der Waals surface area (Å²) >= 11 is 5.74. The monoisotopic (exact) mass is 266 g/mol. The molecule has 0 saturated heterocycles. The van der Waals surface area contributed by atoms with Crippen LogP contribution >= 0.6 is 11.6 Å². The summed E-state index contributed by atoms with van der Waals surface area (Å²) in [5.41, 5.74) is 0.581. The standard InChI is InChI=1S/C13H15ClN2O2/c1-3-11-15-9-5-4-6-10(18-2)12(9)13(17)16(11)8-7-14/h4-6H,3,7-8H2,1-2H3. The second-order valence-electron chi connectivity index (χ2n) is 3.88. The fourth-order valence-electron chi connectivity index (χ4n) is 2.03. The number of aromatic nitrogens is 2. The lowest BCUT2D eigenvalue weighted by Gasteiger charge is -2.12. The van der Waals surface area contributed by atoms with E-state index in [1.54, 1.807) is 17.7 Å². The van der Waals surface area contributed by atoms with Crippen LogP contribution in [0.5, 0.6) is 5.75 Å². The van der Waals surface area contributed by atoms with Crippen molar-refractivity contribution in [3.05, 3.63) is 34.4 Å². The zero-order valence-electron chi connectivity index (χ0n) is 10.4. The molecule has 18 heavy (non-hydrogen) atoms. The van der Waals surface area contributed by atoms with E-state index in [1.165, 1.54) is 0 Å². The highest BCUT2D eigenvalue weighted by molar-refractivity contribution is 6.17. The Labute approximate surface area is 110 Å². The number of aryl methyl sites for hydroxylation is 1. The van der Waals surface area contributed by atoms with Crippen LogP contribution in [0.4, 0.5) is 0 Å². The van der Waals surface area contributed by atoms with Gasteiger partial charge in [0, 0.05) is 18.8 Å². The molecule has 0 N–H and O–H groups in total. The molecular weight excluding hydrogens is 252 g/mol. The molecule has 0 unspecified atom stereocenters. The average molecular weight is 267 g/mol. The lowest BCUT2D eigenvalue weighted by atomic mass is 10.2. The van der Waals surface area contributed by atoms with Crippen molar-refractivity contribution in [2.45, 2.75) is 19.9 Å². The number of nitrogens with zero attached hydrogens (tertiary/aromatic N) is 2. The highest BCUT2D eigenvalue weighted by Gasteiger charge is 2.12. The molecular formula is C13H15ClN2O2. The maximum Gasteiger partial charge on any atom is 0.265 e. The molecule has 0 aliphatic carbocycles. The van der Waals surface area contributed by atoms with Crippen molar-refractivity contribution >= 4 is 22.5 Å². The molecule has 96 valence electrons. The predicted molar refractivity (Wildman–Crippen MR) is 72.7 cm³/mol. The Morgan fingerprint density at radius 3 is 2.83 bits per heavy atom. The highest BCUT2D eigenvalue weighted by atomic mass is 35.5. The summed E-state index contributed by atoms with van der Waals surface area (Å²) in [6.45, 7) is 2.43. The van der Waals surface area contributed by atoms with Gasteiger partial charge in [0.15, 0.2) is 0 Å². The van der Waals surface area contributed by atoms with Crippen LogP contribution in [0.3, 0.4) is 0 Å². The lowest BCUT2D eigenvalue weighted by Crippen LogP contribution is -2.26. The first kappa shape index (κ1) is 12.9.